The number of hydrogen-bond donors (Lipinski definition) is 3. The number of aryl methyl sites for hydroxylation is 2. The first-order valence-corrected chi connectivity index (χ1v) is 15.0. The van der Waals surface area contributed by atoms with Gasteiger partial charge in [-0.15, -0.1) is 0 Å². The van der Waals surface area contributed by atoms with E-state index in [2.05, 4.69) is 43.2 Å². The minimum absolute atomic E-state index is 0.100. The number of aliphatic hydroxyl groups is 1. The standard InChI is InChI=1S/C33H47N3O6/c1-22(2)19-36(20-23(3)4)30-16-8-25(18-29(30)35-33(40)34-27-12-6-24(5)7-13-27)9-17-31(38)41-21-42-32(39)26-10-14-28(37)15-11-26/h6-8,12-13,16,18,22-23,26,28,37H,9-11,14-15,17,19-21H2,1-5H3,(H2,34,35,40). The summed E-state index contributed by atoms with van der Waals surface area (Å²) in [6.07, 6.45) is 2.46. The Morgan fingerprint density at radius 3 is 2.17 bits per heavy atom. The highest BCUT2D eigenvalue weighted by Gasteiger charge is 2.26. The minimum Gasteiger partial charge on any atom is -0.428 e. The number of carbonyl (C=O) groups is 3. The van der Waals surface area contributed by atoms with Crippen LogP contribution in [0.5, 0.6) is 0 Å². The zero-order valence-electron chi connectivity index (χ0n) is 25.7. The number of amides is 2. The second-order valence-corrected chi connectivity index (χ2v) is 12.1. The highest BCUT2D eigenvalue weighted by Crippen LogP contribution is 2.30. The molecule has 2 aromatic carbocycles. The molecule has 0 radical (unpaired) electrons. The number of aliphatic hydroxyl groups excluding tert-OH is 1. The Kier molecular flexibility index (Phi) is 12.7. The van der Waals surface area contributed by atoms with E-state index in [1.165, 1.54) is 0 Å². The number of nitrogens with zero attached hydrogens (tertiary/aromatic N) is 1. The Labute approximate surface area is 250 Å². The molecule has 1 saturated carbocycles. The summed E-state index contributed by atoms with van der Waals surface area (Å²) in [7, 11) is 0. The van der Waals surface area contributed by atoms with E-state index in [-0.39, 0.29) is 24.5 Å². The van der Waals surface area contributed by atoms with E-state index in [1.807, 2.05) is 49.4 Å². The molecule has 42 heavy (non-hydrogen) atoms. The van der Waals surface area contributed by atoms with Crippen molar-refractivity contribution in [3.8, 4) is 0 Å². The molecule has 3 N–H and O–H groups in total. The molecule has 230 valence electrons. The van der Waals surface area contributed by atoms with Crippen LogP contribution in [0, 0.1) is 24.7 Å². The van der Waals surface area contributed by atoms with Crippen molar-refractivity contribution in [3.63, 3.8) is 0 Å². The van der Waals surface area contributed by atoms with E-state index >= 15 is 0 Å². The van der Waals surface area contributed by atoms with Crippen molar-refractivity contribution in [2.75, 3.05) is 35.4 Å². The van der Waals surface area contributed by atoms with Crippen LogP contribution in [-0.4, -0.2) is 49.1 Å². The number of nitrogens with one attached hydrogen (secondary N) is 2. The number of benzene rings is 2. The van der Waals surface area contributed by atoms with Crippen molar-refractivity contribution in [2.45, 2.75) is 79.2 Å². The molecule has 0 aliphatic heterocycles. The lowest BCUT2D eigenvalue weighted by Crippen LogP contribution is -2.32. The Bertz CT molecular complexity index is 1160. The quantitative estimate of drug-likeness (QED) is 0.188. The fraction of sp³-hybridized carbons (Fsp3) is 0.545. The van der Waals surface area contributed by atoms with Gasteiger partial charge in [0.2, 0.25) is 6.79 Å². The van der Waals surface area contributed by atoms with Crippen LogP contribution < -0.4 is 15.5 Å². The van der Waals surface area contributed by atoms with Gasteiger partial charge in [0, 0.05) is 25.2 Å². The first-order chi connectivity index (χ1) is 20.0. The molecular formula is C33H47N3O6. The lowest BCUT2D eigenvalue weighted by atomic mass is 9.88. The van der Waals surface area contributed by atoms with Gasteiger partial charge in [-0.3, -0.25) is 9.59 Å². The molecule has 0 heterocycles. The molecule has 2 amide bonds. The van der Waals surface area contributed by atoms with Gasteiger partial charge in [0.15, 0.2) is 0 Å². The summed E-state index contributed by atoms with van der Waals surface area (Å²) in [6, 6.07) is 13.1. The first kappa shape index (κ1) is 32.9. The van der Waals surface area contributed by atoms with Crippen LogP contribution in [0.3, 0.4) is 0 Å². The number of anilines is 3. The van der Waals surface area contributed by atoms with Gasteiger partial charge in [-0.25, -0.2) is 4.79 Å². The lowest BCUT2D eigenvalue weighted by molar-refractivity contribution is -0.171. The molecule has 9 nitrogen and oxygen atoms in total. The van der Waals surface area contributed by atoms with Crippen LogP contribution in [-0.2, 0) is 25.5 Å². The predicted molar refractivity (Wildman–Crippen MR) is 165 cm³/mol. The molecule has 0 unspecified atom stereocenters. The van der Waals surface area contributed by atoms with E-state index in [0.717, 1.165) is 29.9 Å². The van der Waals surface area contributed by atoms with E-state index in [9.17, 15) is 19.5 Å². The molecule has 1 aliphatic carbocycles. The van der Waals surface area contributed by atoms with Gasteiger partial charge >= 0.3 is 18.0 Å². The Morgan fingerprint density at radius 1 is 0.905 bits per heavy atom. The van der Waals surface area contributed by atoms with Gasteiger partial charge in [0.1, 0.15) is 0 Å². The van der Waals surface area contributed by atoms with Gasteiger partial charge in [-0.05, 0) is 80.7 Å². The maximum atomic E-state index is 13.0. The van der Waals surface area contributed by atoms with Crippen molar-refractivity contribution >= 4 is 35.0 Å². The maximum Gasteiger partial charge on any atom is 0.323 e. The second-order valence-electron chi connectivity index (χ2n) is 12.1. The number of carbonyl (C=O) groups excluding carboxylic acids is 3. The SMILES string of the molecule is Cc1ccc(NC(=O)Nc2cc(CCC(=O)OCOC(=O)C3CCC(O)CC3)ccc2N(CC(C)C)CC(C)C)cc1. The molecule has 9 heteroatoms. The summed E-state index contributed by atoms with van der Waals surface area (Å²) in [6.45, 7) is 11.9. The number of urea groups is 1. The molecule has 0 spiro atoms. The van der Waals surface area contributed by atoms with Gasteiger partial charge < -0.3 is 30.1 Å². The highest BCUT2D eigenvalue weighted by molar-refractivity contribution is 6.02. The normalized spacial score (nSPS) is 16.7. The molecule has 0 atom stereocenters. The second kappa shape index (κ2) is 16.2. The third-order valence-electron chi connectivity index (χ3n) is 7.20. The Hall–Kier alpha value is -3.59. The summed E-state index contributed by atoms with van der Waals surface area (Å²) in [5, 5.41) is 15.5. The molecule has 3 rings (SSSR count). The summed E-state index contributed by atoms with van der Waals surface area (Å²) in [4.78, 5) is 39.9. The van der Waals surface area contributed by atoms with Crippen LogP contribution in [0.4, 0.5) is 21.9 Å². The van der Waals surface area contributed by atoms with Gasteiger partial charge in [0.25, 0.3) is 0 Å². The molecule has 0 bridgehead atoms. The van der Waals surface area contributed by atoms with Gasteiger partial charge in [0.05, 0.1) is 23.4 Å². The first-order valence-electron chi connectivity index (χ1n) is 15.0. The molecule has 0 saturated heterocycles. The average molecular weight is 582 g/mol. The minimum atomic E-state index is -0.473. The van der Waals surface area contributed by atoms with Crippen LogP contribution in [0.25, 0.3) is 0 Å². The fourth-order valence-corrected chi connectivity index (χ4v) is 5.09. The third kappa shape index (κ3) is 11.0. The Balaban J connectivity index is 1.64. The predicted octanol–water partition coefficient (Wildman–Crippen LogP) is 6.29. The molecular weight excluding hydrogens is 534 g/mol. The highest BCUT2D eigenvalue weighted by atomic mass is 16.7. The van der Waals surface area contributed by atoms with E-state index in [4.69, 9.17) is 9.47 Å². The van der Waals surface area contributed by atoms with Crippen molar-refractivity contribution < 1.29 is 29.0 Å². The largest absolute Gasteiger partial charge is 0.428 e. The molecule has 1 aliphatic rings. The molecule has 2 aromatic rings. The number of hydrogen-bond acceptors (Lipinski definition) is 7. The summed E-state index contributed by atoms with van der Waals surface area (Å²) in [5.41, 5.74) is 4.26. The van der Waals surface area contributed by atoms with E-state index in [1.54, 1.807) is 0 Å². The summed E-state index contributed by atoms with van der Waals surface area (Å²) < 4.78 is 10.3. The van der Waals surface area contributed by atoms with Crippen LogP contribution >= 0.6 is 0 Å². The van der Waals surface area contributed by atoms with Crippen molar-refractivity contribution in [2.24, 2.45) is 17.8 Å². The van der Waals surface area contributed by atoms with E-state index in [0.29, 0.717) is 55.3 Å². The van der Waals surface area contributed by atoms with Crippen LogP contribution in [0.15, 0.2) is 42.5 Å². The fourth-order valence-electron chi connectivity index (χ4n) is 5.09. The van der Waals surface area contributed by atoms with Crippen molar-refractivity contribution in [1.82, 2.24) is 0 Å². The zero-order chi connectivity index (χ0) is 30.6. The van der Waals surface area contributed by atoms with E-state index < -0.39 is 18.7 Å². The number of esters is 2. The van der Waals surface area contributed by atoms with Crippen molar-refractivity contribution in [1.29, 1.82) is 0 Å². The third-order valence-corrected chi connectivity index (χ3v) is 7.20. The van der Waals surface area contributed by atoms with Crippen LogP contribution in [0.2, 0.25) is 0 Å². The zero-order valence-corrected chi connectivity index (χ0v) is 25.7. The average Bonchev–Trinajstić information content (AvgIpc) is 2.92. The van der Waals surface area contributed by atoms with Gasteiger partial charge in [-0.2, -0.15) is 0 Å². The topological polar surface area (TPSA) is 117 Å². The molecule has 0 aromatic heterocycles. The maximum absolute atomic E-state index is 13.0. The van der Waals surface area contributed by atoms with Gasteiger partial charge in [-0.1, -0.05) is 51.5 Å². The number of ether oxygens (including phenoxy) is 2. The summed E-state index contributed by atoms with van der Waals surface area (Å²) in [5.74, 6) is -0.278. The monoisotopic (exact) mass is 581 g/mol. The number of rotatable bonds is 13. The van der Waals surface area contributed by atoms with Crippen LogP contribution in [0.1, 0.15) is 70.9 Å². The smallest absolute Gasteiger partial charge is 0.323 e. The lowest BCUT2D eigenvalue weighted by Gasteiger charge is -2.30. The summed E-state index contributed by atoms with van der Waals surface area (Å²) >= 11 is 0. The van der Waals surface area contributed by atoms with Crippen molar-refractivity contribution in [3.05, 3.63) is 53.6 Å². The molecule has 1 fully saturated rings. The Morgan fingerprint density at radius 2 is 1.55 bits per heavy atom.